The van der Waals surface area contributed by atoms with E-state index in [2.05, 4.69) is 35.3 Å². The molecule has 1 saturated carbocycles. The number of aromatic nitrogens is 5. The standard InChI is InChI=1S/C44H44N8O6/c1-27-25-44(27,40-46-42(55)58-47-40)52-35-14-13-31(30-16-21-57-22-17-30)23-32(35)24-36(52)39(54)49-18-15-34-37(28(49)2)45-41(51(38(34)53)33-11-7-4-8-12-33)50-20-19-48(43(50)56)26-29-9-5-3-6-10-29/h3-14,23-24,27-28,30H,15-22,25-26H2,1-2H3,(H,46,47,55)/t27-,28-,44-/m0/s1. The van der Waals surface area contributed by atoms with Crippen LogP contribution in [0.4, 0.5) is 10.7 Å². The third-order valence-corrected chi connectivity index (χ3v) is 12.7. The van der Waals surface area contributed by atoms with Gasteiger partial charge >= 0.3 is 11.8 Å². The number of ether oxygens (including phenoxy) is 1. The van der Waals surface area contributed by atoms with E-state index in [4.69, 9.17) is 14.2 Å². The number of nitrogens with zero attached hydrogens (tertiary/aromatic N) is 7. The lowest BCUT2D eigenvalue weighted by Gasteiger charge is -2.36. The Morgan fingerprint density at radius 1 is 0.914 bits per heavy atom. The number of para-hydroxylation sites is 1. The SMILES string of the molecule is C[C@H]1c2nc(N3CCN(Cc4ccccc4)C3=O)n(-c3ccccc3)c(=O)c2CCN1C(=O)c1cc2cc(C3CCOCC3)ccc2n1[C@@]1(c2noc(=O)[nH]2)C[C@@H]1C. The highest BCUT2D eigenvalue weighted by Gasteiger charge is 2.59. The molecular formula is C44H44N8O6. The van der Waals surface area contributed by atoms with Crippen LogP contribution in [0.2, 0.25) is 0 Å². The third kappa shape index (κ3) is 5.79. The van der Waals surface area contributed by atoms with Gasteiger partial charge in [0.25, 0.3) is 11.5 Å². The van der Waals surface area contributed by atoms with Gasteiger partial charge in [-0.25, -0.2) is 19.1 Å². The molecule has 0 radical (unpaired) electrons. The quantitative estimate of drug-likeness (QED) is 0.205. The van der Waals surface area contributed by atoms with Gasteiger partial charge < -0.3 is 19.1 Å². The molecular weight excluding hydrogens is 737 g/mol. The van der Waals surface area contributed by atoms with Crippen LogP contribution in [0.5, 0.6) is 0 Å². The maximum Gasteiger partial charge on any atom is 0.438 e. The predicted octanol–water partition coefficient (Wildman–Crippen LogP) is 5.74. The van der Waals surface area contributed by atoms with Gasteiger partial charge in [0.1, 0.15) is 11.2 Å². The monoisotopic (exact) mass is 780 g/mol. The number of rotatable bonds is 8. The zero-order chi connectivity index (χ0) is 39.7. The largest absolute Gasteiger partial charge is 0.438 e. The van der Waals surface area contributed by atoms with Crippen LogP contribution in [-0.4, -0.2) is 78.8 Å². The van der Waals surface area contributed by atoms with Crippen molar-refractivity contribution in [3.05, 3.63) is 140 Å². The van der Waals surface area contributed by atoms with Crippen LogP contribution >= 0.6 is 0 Å². The first-order chi connectivity index (χ1) is 28.2. The van der Waals surface area contributed by atoms with E-state index in [1.165, 1.54) is 10.1 Å². The van der Waals surface area contributed by atoms with Crippen LogP contribution in [0, 0.1) is 5.92 Å². The van der Waals surface area contributed by atoms with Gasteiger partial charge in [0, 0.05) is 55.9 Å². The number of urea groups is 1. The van der Waals surface area contributed by atoms with Gasteiger partial charge in [-0.3, -0.25) is 24.0 Å². The Bertz CT molecular complexity index is 2680. The topological polar surface area (TPSA) is 152 Å². The molecule has 296 valence electrons. The summed E-state index contributed by atoms with van der Waals surface area (Å²) in [6, 6.07) is 26.6. The first-order valence-corrected chi connectivity index (χ1v) is 20.2. The Hall–Kier alpha value is -6.28. The molecule has 3 atom stereocenters. The van der Waals surface area contributed by atoms with E-state index in [-0.39, 0.29) is 42.3 Å². The van der Waals surface area contributed by atoms with Crippen LogP contribution in [0.1, 0.15) is 83.8 Å². The molecule has 0 spiro atoms. The van der Waals surface area contributed by atoms with Crippen LogP contribution < -0.4 is 16.2 Å². The highest BCUT2D eigenvalue weighted by Crippen LogP contribution is 2.56. The van der Waals surface area contributed by atoms with E-state index in [9.17, 15) is 14.4 Å². The minimum Gasteiger partial charge on any atom is -0.381 e. The molecule has 6 heterocycles. The fourth-order valence-corrected chi connectivity index (χ4v) is 9.53. The summed E-state index contributed by atoms with van der Waals surface area (Å²) < 4.78 is 14.2. The highest BCUT2D eigenvalue weighted by atomic mass is 16.5. The summed E-state index contributed by atoms with van der Waals surface area (Å²) >= 11 is 0. The Labute approximate surface area is 333 Å². The molecule has 10 rings (SSSR count). The molecule has 14 nitrogen and oxygen atoms in total. The van der Waals surface area contributed by atoms with E-state index in [0.717, 1.165) is 29.3 Å². The van der Waals surface area contributed by atoms with Gasteiger partial charge in [0.05, 0.1) is 17.4 Å². The smallest absolute Gasteiger partial charge is 0.381 e. The van der Waals surface area contributed by atoms with Crippen molar-refractivity contribution >= 4 is 28.8 Å². The Morgan fingerprint density at radius 2 is 1.66 bits per heavy atom. The van der Waals surface area contributed by atoms with Crippen molar-refractivity contribution in [3.8, 4) is 5.69 Å². The summed E-state index contributed by atoms with van der Waals surface area (Å²) in [6.45, 7) is 6.93. The van der Waals surface area contributed by atoms with E-state index < -0.39 is 17.3 Å². The molecule has 0 unspecified atom stereocenters. The second-order valence-corrected chi connectivity index (χ2v) is 16.1. The first-order valence-electron chi connectivity index (χ1n) is 20.2. The second kappa shape index (κ2) is 14.0. The zero-order valence-electron chi connectivity index (χ0n) is 32.5. The van der Waals surface area contributed by atoms with Crippen molar-refractivity contribution in [1.82, 2.24) is 34.1 Å². The van der Waals surface area contributed by atoms with Gasteiger partial charge in [-0.05, 0) is 85.9 Å². The summed E-state index contributed by atoms with van der Waals surface area (Å²) in [7, 11) is 0. The molecule has 14 heteroatoms. The van der Waals surface area contributed by atoms with Crippen molar-refractivity contribution in [2.45, 2.75) is 63.6 Å². The number of carbonyl (C=O) groups excluding carboxylic acids is 2. The van der Waals surface area contributed by atoms with Gasteiger partial charge in [0.2, 0.25) is 5.95 Å². The summed E-state index contributed by atoms with van der Waals surface area (Å²) in [4.78, 5) is 69.3. The minimum absolute atomic E-state index is 0.0465. The summed E-state index contributed by atoms with van der Waals surface area (Å²) in [5, 5.41) is 5.07. The van der Waals surface area contributed by atoms with E-state index in [1.54, 1.807) is 14.7 Å². The number of H-pyrrole nitrogens is 1. The van der Waals surface area contributed by atoms with Crippen LogP contribution in [-0.2, 0) is 23.2 Å². The summed E-state index contributed by atoms with van der Waals surface area (Å²) in [5.74, 6) is 0.133. The second-order valence-electron chi connectivity index (χ2n) is 16.1. The van der Waals surface area contributed by atoms with Crippen molar-refractivity contribution in [2.75, 3.05) is 37.7 Å². The molecule has 2 saturated heterocycles. The van der Waals surface area contributed by atoms with Gasteiger partial charge in [-0.1, -0.05) is 66.7 Å². The number of carbonyl (C=O) groups is 2. The lowest BCUT2D eigenvalue weighted by atomic mass is 9.91. The molecule has 3 fully saturated rings. The van der Waals surface area contributed by atoms with Crippen LogP contribution in [0.25, 0.3) is 16.6 Å². The summed E-state index contributed by atoms with van der Waals surface area (Å²) in [5.41, 5.74) is 4.06. The molecule has 0 bridgehead atoms. The third-order valence-electron chi connectivity index (χ3n) is 12.7. The van der Waals surface area contributed by atoms with Crippen molar-refractivity contribution in [3.63, 3.8) is 0 Å². The number of anilines is 1. The lowest BCUT2D eigenvalue weighted by Crippen LogP contribution is -2.45. The Morgan fingerprint density at radius 3 is 2.36 bits per heavy atom. The predicted molar refractivity (Wildman–Crippen MR) is 215 cm³/mol. The maximum absolute atomic E-state index is 15.2. The normalized spacial score (nSPS) is 22.2. The fourth-order valence-electron chi connectivity index (χ4n) is 9.53. The lowest BCUT2D eigenvalue weighted by molar-refractivity contribution is 0.0658. The van der Waals surface area contributed by atoms with Gasteiger partial charge in [0.15, 0.2) is 5.82 Å². The average Bonchev–Trinajstić information content (AvgIpc) is 3.55. The van der Waals surface area contributed by atoms with E-state index >= 15 is 4.79 Å². The van der Waals surface area contributed by atoms with E-state index in [0.29, 0.717) is 73.6 Å². The van der Waals surface area contributed by atoms with Crippen LogP contribution in [0.3, 0.4) is 0 Å². The molecule has 58 heavy (non-hydrogen) atoms. The molecule has 3 aromatic carbocycles. The number of aromatic amines is 1. The molecule has 1 aliphatic carbocycles. The first kappa shape index (κ1) is 36.1. The number of fused-ring (bicyclic) bond motifs is 2. The molecule has 4 aliphatic rings. The van der Waals surface area contributed by atoms with Crippen molar-refractivity contribution < 1.29 is 18.8 Å². The number of hydrogen-bond donors (Lipinski definition) is 1. The van der Waals surface area contributed by atoms with Gasteiger partial charge in [-0.15, -0.1) is 0 Å². The molecule has 1 N–H and O–H groups in total. The molecule has 3 amide bonds. The minimum atomic E-state index is -0.799. The molecule has 6 aromatic rings. The molecule has 3 aliphatic heterocycles. The fraction of sp³-hybridized carbons (Fsp3) is 0.364. The highest BCUT2D eigenvalue weighted by molar-refractivity contribution is 6.00. The Kier molecular flexibility index (Phi) is 8.70. The van der Waals surface area contributed by atoms with Gasteiger partial charge in [-0.2, -0.15) is 0 Å². The van der Waals surface area contributed by atoms with Crippen molar-refractivity contribution in [1.29, 1.82) is 0 Å². The number of benzene rings is 3. The van der Waals surface area contributed by atoms with Crippen LogP contribution in [0.15, 0.2) is 99.0 Å². The Balaban J connectivity index is 1.06. The number of nitrogens with one attached hydrogen (secondary N) is 1. The average molecular weight is 781 g/mol. The number of hydrogen-bond acceptors (Lipinski definition) is 8. The van der Waals surface area contributed by atoms with E-state index in [1.807, 2.05) is 78.2 Å². The van der Waals surface area contributed by atoms with Crippen molar-refractivity contribution in [2.24, 2.45) is 5.92 Å². The maximum atomic E-state index is 15.2. The molecule has 3 aromatic heterocycles. The summed E-state index contributed by atoms with van der Waals surface area (Å²) in [6.07, 6.45) is 2.79. The number of amides is 3. The zero-order valence-corrected chi connectivity index (χ0v) is 32.5.